The maximum Gasteiger partial charge on any atom is 0.270 e. The van der Waals surface area contributed by atoms with Crippen molar-refractivity contribution < 1.29 is 14.5 Å². The molecule has 1 aliphatic carbocycles. The van der Waals surface area contributed by atoms with Gasteiger partial charge in [-0.3, -0.25) is 19.7 Å². The van der Waals surface area contributed by atoms with E-state index in [4.69, 9.17) is 5.73 Å². The lowest BCUT2D eigenvalue weighted by atomic mass is 9.93. The van der Waals surface area contributed by atoms with Crippen molar-refractivity contribution in [1.82, 2.24) is 4.90 Å². The molecule has 0 atom stereocenters. The molecule has 0 saturated heterocycles. The van der Waals surface area contributed by atoms with Crippen molar-refractivity contribution in [2.24, 2.45) is 5.73 Å². The minimum Gasteiger partial charge on any atom is -0.368 e. The van der Waals surface area contributed by atoms with Crippen molar-refractivity contribution >= 4 is 17.5 Å². The molecule has 0 radical (unpaired) electrons. The van der Waals surface area contributed by atoms with E-state index in [2.05, 4.69) is 0 Å². The Kier molecular flexibility index (Phi) is 4.16. The van der Waals surface area contributed by atoms with Crippen molar-refractivity contribution in [2.45, 2.75) is 38.1 Å². The van der Waals surface area contributed by atoms with E-state index in [0.717, 1.165) is 12.8 Å². The summed E-state index contributed by atoms with van der Waals surface area (Å²) in [5.41, 5.74) is 5.20. The molecule has 0 aromatic heterocycles. The smallest absolute Gasteiger partial charge is 0.270 e. The lowest BCUT2D eigenvalue weighted by Gasteiger charge is -2.36. The van der Waals surface area contributed by atoms with Crippen LogP contribution in [0.2, 0.25) is 0 Å². The normalized spacial score (nSPS) is 16.3. The fourth-order valence-corrected chi connectivity index (χ4v) is 3.09. The van der Waals surface area contributed by atoms with Crippen LogP contribution in [0.5, 0.6) is 0 Å². The van der Waals surface area contributed by atoms with Gasteiger partial charge in [0.05, 0.1) is 4.92 Å². The first-order chi connectivity index (χ1) is 10.3. The third-order valence-electron chi connectivity index (χ3n) is 4.36. The molecule has 2 rings (SSSR count). The van der Waals surface area contributed by atoms with E-state index in [1.165, 1.54) is 24.1 Å². The van der Waals surface area contributed by atoms with Crippen LogP contribution < -0.4 is 5.73 Å². The van der Waals surface area contributed by atoms with Gasteiger partial charge in [0, 0.05) is 24.7 Å². The van der Waals surface area contributed by atoms with Gasteiger partial charge >= 0.3 is 0 Å². The number of nitro benzene ring substituents is 1. The molecule has 1 saturated carbocycles. The minimum atomic E-state index is -0.990. The molecule has 118 valence electrons. The van der Waals surface area contributed by atoms with Crippen LogP contribution in [0.4, 0.5) is 5.69 Å². The van der Waals surface area contributed by atoms with E-state index in [1.54, 1.807) is 13.0 Å². The summed E-state index contributed by atoms with van der Waals surface area (Å²) in [6, 6.07) is 4.21. The summed E-state index contributed by atoms with van der Waals surface area (Å²) in [6.45, 7) is 1.68. The van der Waals surface area contributed by atoms with E-state index in [0.29, 0.717) is 18.4 Å². The molecule has 1 aliphatic rings. The van der Waals surface area contributed by atoms with Gasteiger partial charge in [0.2, 0.25) is 5.91 Å². The number of amides is 2. The number of nitrogens with two attached hydrogens (primary N) is 1. The zero-order valence-electron chi connectivity index (χ0n) is 12.7. The number of rotatable bonds is 4. The molecule has 0 heterocycles. The molecule has 2 amide bonds. The highest BCUT2D eigenvalue weighted by Gasteiger charge is 2.45. The second-order valence-corrected chi connectivity index (χ2v) is 5.78. The maximum absolute atomic E-state index is 12.7. The number of nitrogens with zero attached hydrogens (tertiary/aromatic N) is 2. The lowest BCUT2D eigenvalue weighted by Crippen LogP contribution is -2.56. The van der Waals surface area contributed by atoms with Crippen LogP contribution in [-0.4, -0.2) is 34.2 Å². The topological polar surface area (TPSA) is 107 Å². The monoisotopic (exact) mass is 305 g/mol. The highest BCUT2D eigenvalue weighted by atomic mass is 16.6. The van der Waals surface area contributed by atoms with E-state index < -0.39 is 22.3 Å². The molecule has 7 heteroatoms. The number of carbonyl (C=O) groups is 2. The van der Waals surface area contributed by atoms with E-state index in [-0.39, 0.29) is 11.3 Å². The number of aryl methyl sites for hydroxylation is 1. The van der Waals surface area contributed by atoms with E-state index in [9.17, 15) is 19.7 Å². The van der Waals surface area contributed by atoms with Crippen LogP contribution in [0, 0.1) is 17.0 Å². The van der Waals surface area contributed by atoms with Gasteiger partial charge in [-0.2, -0.15) is 0 Å². The van der Waals surface area contributed by atoms with E-state index >= 15 is 0 Å². The molecule has 0 aliphatic heterocycles. The molecule has 1 aromatic carbocycles. The number of carbonyl (C=O) groups excluding carboxylic acids is 2. The summed E-state index contributed by atoms with van der Waals surface area (Å²) in [5.74, 6) is -0.949. The molecule has 1 fully saturated rings. The Morgan fingerprint density at radius 3 is 2.36 bits per heavy atom. The number of nitro groups is 1. The SMILES string of the molecule is Cc1cc(C(=O)N(C)C2(C(N)=O)CCCC2)cc([N+](=O)[O-])c1. The van der Waals surface area contributed by atoms with Gasteiger partial charge in [-0.25, -0.2) is 0 Å². The van der Waals surface area contributed by atoms with Gasteiger partial charge in [-0.1, -0.05) is 12.8 Å². The van der Waals surface area contributed by atoms with Crippen LogP contribution in [0.3, 0.4) is 0 Å². The van der Waals surface area contributed by atoms with Crippen LogP contribution in [0.15, 0.2) is 18.2 Å². The number of hydrogen-bond donors (Lipinski definition) is 1. The molecule has 0 unspecified atom stereocenters. The lowest BCUT2D eigenvalue weighted by molar-refractivity contribution is -0.384. The summed E-state index contributed by atoms with van der Waals surface area (Å²) in [6.07, 6.45) is 2.71. The molecule has 0 bridgehead atoms. The Morgan fingerprint density at radius 2 is 1.86 bits per heavy atom. The fraction of sp³-hybridized carbons (Fsp3) is 0.467. The summed E-state index contributed by atoms with van der Waals surface area (Å²) < 4.78 is 0. The number of benzene rings is 1. The first-order valence-corrected chi connectivity index (χ1v) is 7.12. The zero-order valence-corrected chi connectivity index (χ0v) is 12.7. The summed E-state index contributed by atoms with van der Waals surface area (Å²) >= 11 is 0. The Bertz CT molecular complexity index is 636. The highest BCUT2D eigenvalue weighted by molar-refractivity contribution is 5.99. The van der Waals surface area contributed by atoms with Gasteiger partial charge in [0.25, 0.3) is 11.6 Å². The van der Waals surface area contributed by atoms with Crippen LogP contribution in [0.25, 0.3) is 0 Å². The second kappa shape index (κ2) is 5.75. The second-order valence-electron chi connectivity index (χ2n) is 5.78. The van der Waals surface area contributed by atoms with Gasteiger partial charge in [-0.15, -0.1) is 0 Å². The Balaban J connectivity index is 2.39. The first-order valence-electron chi connectivity index (χ1n) is 7.12. The predicted molar refractivity (Wildman–Crippen MR) is 80.3 cm³/mol. The highest BCUT2D eigenvalue weighted by Crippen LogP contribution is 2.35. The number of hydrogen-bond acceptors (Lipinski definition) is 4. The third kappa shape index (κ3) is 2.66. The predicted octanol–water partition coefficient (Wildman–Crippen LogP) is 1.77. The number of non-ortho nitro benzene ring substituents is 1. The Morgan fingerprint density at radius 1 is 1.27 bits per heavy atom. The summed E-state index contributed by atoms with van der Waals surface area (Å²) in [4.78, 5) is 36.3. The van der Waals surface area contributed by atoms with Crippen molar-refractivity contribution in [3.8, 4) is 0 Å². The molecule has 0 spiro atoms. The molecule has 1 aromatic rings. The minimum absolute atomic E-state index is 0.142. The van der Waals surface area contributed by atoms with Crippen molar-refractivity contribution in [3.63, 3.8) is 0 Å². The molecule has 22 heavy (non-hydrogen) atoms. The standard InChI is InChI=1S/C15H19N3O4/c1-10-7-11(9-12(8-10)18(21)22)13(19)17(2)15(14(16)20)5-3-4-6-15/h7-9H,3-6H2,1-2H3,(H2,16,20). The summed E-state index contributed by atoms with van der Waals surface area (Å²) in [5, 5.41) is 10.9. The number of primary amides is 1. The Labute approximate surface area is 128 Å². The largest absolute Gasteiger partial charge is 0.368 e. The first kappa shape index (κ1) is 15.9. The number of likely N-dealkylation sites (N-methyl/N-ethyl adjacent to an activating group) is 1. The Hall–Kier alpha value is -2.44. The van der Waals surface area contributed by atoms with Gasteiger partial charge in [0.15, 0.2) is 0 Å². The molecular weight excluding hydrogens is 286 g/mol. The van der Waals surface area contributed by atoms with Gasteiger partial charge < -0.3 is 10.6 Å². The molecule has 7 nitrogen and oxygen atoms in total. The van der Waals surface area contributed by atoms with Crippen molar-refractivity contribution in [2.75, 3.05) is 7.05 Å². The zero-order chi connectivity index (χ0) is 16.5. The maximum atomic E-state index is 12.7. The third-order valence-corrected chi connectivity index (χ3v) is 4.36. The average Bonchev–Trinajstić information content (AvgIpc) is 2.95. The van der Waals surface area contributed by atoms with Crippen LogP contribution in [-0.2, 0) is 4.79 Å². The molecular formula is C15H19N3O4. The van der Waals surface area contributed by atoms with Crippen LogP contribution >= 0.6 is 0 Å². The van der Waals surface area contributed by atoms with Crippen LogP contribution in [0.1, 0.15) is 41.6 Å². The van der Waals surface area contributed by atoms with Gasteiger partial charge in [0.1, 0.15) is 5.54 Å². The van der Waals surface area contributed by atoms with Crippen molar-refractivity contribution in [3.05, 3.63) is 39.4 Å². The van der Waals surface area contributed by atoms with E-state index in [1.807, 2.05) is 0 Å². The van der Waals surface area contributed by atoms with Crippen molar-refractivity contribution in [1.29, 1.82) is 0 Å². The van der Waals surface area contributed by atoms with Gasteiger partial charge in [-0.05, 0) is 31.4 Å². The fourth-order valence-electron chi connectivity index (χ4n) is 3.09. The summed E-state index contributed by atoms with van der Waals surface area (Å²) in [7, 11) is 1.53. The quantitative estimate of drug-likeness (QED) is 0.675. The molecule has 2 N–H and O–H groups in total. The average molecular weight is 305 g/mol.